The normalized spacial score (nSPS) is 22.3. The Morgan fingerprint density at radius 3 is 2.69 bits per heavy atom. The van der Waals surface area contributed by atoms with Gasteiger partial charge in [-0.15, -0.1) is 0 Å². The molecule has 2 atom stereocenters. The molecule has 1 N–H and O–H groups in total. The van der Waals surface area contributed by atoms with Crippen LogP contribution < -0.4 is 15.0 Å². The van der Waals surface area contributed by atoms with Gasteiger partial charge in [0.05, 0.1) is 22.7 Å². The van der Waals surface area contributed by atoms with Crippen molar-refractivity contribution in [1.29, 1.82) is 0 Å². The van der Waals surface area contributed by atoms with Crippen LogP contribution in [0.15, 0.2) is 23.1 Å². The summed E-state index contributed by atoms with van der Waals surface area (Å²) in [6, 6.07) is 3.21. The number of hydrogen-bond donors (Lipinski definition) is 1. The van der Waals surface area contributed by atoms with Crippen molar-refractivity contribution >= 4 is 37.4 Å². The van der Waals surface area contributed by atoms with Crippen molar-refractivity contribution in [3.63, 3.8) is 0 Å². The molecule has 2 unspecified atom stereocenters. The molecule has 1 fully saturated rings. The maximum Gasteiger partial charge on any atom is 0.407 e. The van der Waals surface area contributed by atoms with Crippen molar-refractivity contribution < 1.29 is 27.5 Å². The van der Waals surface area contributed by atoms with Crippen LogP contribution in [0.1, 0.15) is 27.2 Å². The zero-order valence-electron chi connectivity index (χ0n) is 14.5. The second kappa shape index (κ2) is 6.31. The van der Waals surface area contributed by atoms with E-state index in [0.717, 1.165) is 0 Å². The summed E-state index contributed by atoms with van der Waals surface area (Å²) >= 11 is 0. The molecule has 0 aromatic heterocycles. The van der Waals surface area contributed by atoms with Crippen LogP contribution in [-0.2, 0) is 18.6 Å². The average molecular weight is 403 g/mol. The van der Waals surface area contributed by atoms with Crippen molar-refractivity contribution in [2.24, 2.45) is 0 Å². The molecular weight excluding hydrogens is 384 g/mol. The molecule has 2 amide bonds. The topological polar surface area (TPSA) is 102 Å². The number of anilines is 1. The monoisotopic (exact) mass is 402 g/mol. The Morgan fingerprint density at radius 2 is 2.08 bits per heavy atom. The standard InChI is InChI=1S/C16H19ClN2O6S/c1-16(2,3)25-15(21)18-10-7-14(20)19-11-5-4-9(26(17,22)23)6-13(11)24-8-12(10)19/h4-6,10,12H,7-8H2,1-3H3,(H,18,21). The molecule has 1 saturated heterocycles. The van der Waals surface area contributed by atoms with Gasteiger partial charge in [-0.2, -0.15) is 0 Å². The van der Waals surface area contributed by atoms with Crippen LogP contribution in [0.3, 0.4) is 0 Å². The molecule has 3 rings (SSSR count). The van der Waals surface area contributed by atoms with Crippen molar-refractivity contribution in [3.05, 3.63) is 18.2 Å². The number of rotatable bonds is 2. The van der Waals surface area contributed by atoms with E-state index in [9.17, 15) is 18.0 Å². The smallest absolute Gasteiger partial charge is 0.407 e. The van der Waals surface area contributed by atoms with Crippen LogP contribution in [0.25, 0.3) is 0 Å². The molecule has 8 nitrogen and oxygen atoms in total. The van der Waals surface area contributed by atoms with Gasteiger partial charge in [-0.05, 0) is 32.9 Å². The predicted octanol–water partition coefficient (Wildman–Crippen LogP) is 2.01. The Balaban J connectivity index is 1.82. The van der Waals surface area contributed by atoms with Crippen LogP contribution in [-0.4, -0.2) is 44.7 Å². The van der Waals surface area contributed by atoms with E-state index in [1.54, 1.807) is 20.8 Å². The quantitative estimate of drug-likeness (QED) is 0.759. The van der Waals surface area contributed by atoms with Gasteiger partial charge in [-0.25, -0.2) is 13.2 Å². The summed E-state index contributed by atoms with van der Waals surface area (Å²) in [7, 11) is 1.45. The van der Waals surface area contributed by atoms with Crippen molar-refractivity contribution in [3.8, 4) is 5.75 Å². The minimum Gasteiger partial charge on any atom is -0.489 e. The van der Waals surface area contributed by atoms with Gasteiger partial charge in [0.25, 0.3) is 9.05 Å². The minimum absolute atomic E-state index is 0.0995. The summed E-state index contributed by atoms with van der Waals surface area (Å²) in [5.41, 5.74) is -0.199. The molecule has 26 heavy (non-hydrogen) atoms. The zero-order valence-corrected chi connectivity index (χ0v) is 16.1. The highest BCUT2D eigenvalue weighted by atomic mass is 35.7. The van der Waals surface area contributed by atoms with E-state index in [4.69, 9.17) is 20.2 Å². The van der Waals surface area contributed by atoms with E-state index in [0.29, 0.717) is 5.69 Å². The van der Waals surface area contributed by atoms with Crippen molar-refractivity contribution in [1.82, 2.24) is 5.32 Å². The third-order valence-electron chi connectivity index (χ3n) is 4.04. The SMILES string of the molecule is CC(C)(C)OC(=O)NC1CC(=O)N2c3ccc(S(=O)(=O)Cl)cc3OCC12. The number of alkyl carbamates (subject to hydrolysis) is 1. The van der Waals surface area contributed by atoms with E-state index in [2.05, 4.69) is 5.32 Å². The number of hydrogen-bond acceptors (Lipinski definition) is 6. The lowest BCUT2D eigenvalue weighted by molar-refractivity contribution is -0.117. The van der Waals surface area contributed by atoms with E-state index >= 15 is 0 Å². The molecule has 2 heterocycles. The number of fused-ring (bicyclic) bond motifs is 3. The van der Waals surface area contributed by atoms with Gasteiger partial charge >= 0.3 is 6.09 Å². The Hall–Kier alpha value is -2.00. The Kier molecular flexibility index (Phi) is 4.56. The zero-order chi connectivity index (χ0) is 19.3. The number of halogens is 1. The van der Waals surface area contributed by atoms with Crippen LogP contribution in [0.4, 0.5) is 10.5 Å². The van der Waals surface area contributed by atoms with Gasteiger partial charge in [0.1, 0.15) is 18.0 Å². The van der Waals surface area contributed by atoms with Gasteiger partial charge in [0, 0.05) is 23.2 Å². The number of amides is 2. The summed E-state index contributed by atoms with van der Waals surface area (Å²) in [6.07, 6.45) is -0.506. The molecule has 0 bridgehead atoms. The highest BCUT2D eigenvalue weighted by molar-refractivity contribution is 8.13. The predicted molar refractivity (Wildman–Crippen MR) is 94.0 cm³/mol. The first-order chi connectivity index (χ1) is 12.0. The van der Waals surface area contributed by atoms with Gasteiger partial charge < -0.3 is 19.7 Å². The fraction of sp³-hybridized carbons (Fsp3) is 0.500. The number of ether oxygens (including phenoxy) is 2. The molecule has 0 aliphatic carbocycles. The highest BCUT2D eigenvalue weighted by Gasteiger charge is 2.45. The van der Waals surface area contributed by atoms with E-state index in [1.807, 2.05) is 0 Å². The summed E-state index contributed by atoms with van der Waals surface area (Å²) in [6.45, 7) is 5.37. The van der Waals surface area contributed by atoms with Gasteiger partial charge in [0.15, 0.2) is 0 Å². The molecule has 142 valence electrons. The Labute approximate surface area is 155 Å². The molecule has 0 spiro atoms. The van der Waals surface area contributed by atoms with Crippen LogP contribution >= 0.6 is 10.7 Å². The average Bonchev–Trinajstić information content (AvgIpc) is 2.80. The van der Waals surface area contributed by atoms with E-state index < -0.39 is 32.8 Å². The highest BCUT2D eigenvalue weighted by Crippen LogP contribution is 2.40. The summed E-state index contributed by atoms with van der Waals surface area (Å²) in [4.78, 5) is 25.9. The van der Waals surface area contributed by atoms with Gasteiger partial charge in [-0.1, -0.05) is 0 Å². The lowest BCUT2D eigenvalue weighted by atomic mass is 10.1. The first-order valence-electron chi connectivity index (χ1n) is 7.99. The number of nitrogens with one attached hydrogen (secondary N) is 1. The maximum atomic E-state index is 12.5. The van der Waals surface area contributed by atoms with Crippen LogP contribution in [0, 0.1) is 0 Å². The van der Waals surface area contributed by atoms with Crippen LogP contribution in [0.5, 0.6) is 5.75 Å². The third-order valence-corrected chi connectivity index (χ3v) is 5.39. The lowest BCUT2D eigenvalue weighted by Crippen LogP contribution is -2.51. The minimum atomic E-state index is -3.90. The molecule has 1 aromatic carbocycles. The molecule has 0 radical (unpaired) electrons. The fourth-order valence-electron chi connectivity index (χ4n) is 3.03. The van der Waals surface area contributed by atoms with Crippen molar-refractivity contribution in [2.45, 2.75) is 49.8 Å². The maximum absolute atomic E-state index is 12.5. The summed E-state index contributed by atoms with van der Waals surface area (Å²) in [5.74, 6) is 0.0660. The number of nitrogens with zero attached hydrogens (tertiary/aromatic N) is 1. The molecule has 10 heteroatoms. The lowest BCUT2D eigenvalue weighted by Gasteiger charge is -2.34. The van der Waals surface area contributed by atoms with Crippen molar-refractivity contribution in [2.75, 3.05) is 11.5 Å². The van der Waals surface area contributed by atoms with Crippen LogP contribution in [0.2, 0.25) is 0 Å². The molecule has 2 aliphatic heterocycles. The first-order valence-corrected chi connectivity index (χ1v) is 10.3. The Bertz CT molecular complexity index is 864. The van der Waals surface area contributed by atoms with E-state index in [1.165, 1.54) is 23.1 Å². The van der Waals surface area contributed by atoms with Gasteiger partial charge in [-0.3, -0.25) is 4.79 Å². The second-order valence-corrected chi connectivity index (χ2v) is 9.73. The van der Waals surface area contributed by atoms with Gasteiger partial charge in [0.2, 0.25) is 5.91 Å². The number of carbonyl (C=O) groups excluding carboxylic acids is 2. The third kappa shape index (κ3) is 3.73. The Morgan fingerprint density at radius 1 is 1.38 bits per heavy atom. The molecular formula is C16H19ClN2O6S. The second-order valence-electron chi connectivity index (χ2n) is 7.17. The molecule has 2 aliphatic rings. The van der Waals surface area contributed by atoms with E-state index in [-0.39, 0.29) is 29.6 Å². The molecule has 1 aromatic rings. The molecule has 0 saturated carbocycles. The first kappa shape index (κ1) is 18.8. The summed E-state index contributed by atoms with van der Waals surface area (Å²) < 4.78 is 33.8. The summed E-state index contributed by atoms with van der Waals surface area (Å²) in [5, 5.41) is 2.71. The number of carbonyl (C=O) groups is 2. The number of benzene rings is 1. The largest absolute Gasteiger partial charge is 0.489 e. The fourth-order valence-corrected chi connectivity index (χ4v) is 3.80.